The van der Waals surface area contributed by atoms with Gasteiger partial charge in [0.15, 0.2) is 0 Å². The summed E-state index contributed by atoms with van der Waals surface area (Å²) in [7, 11) is 0. The van der Waals surface area contributed by atoms with E-state index < -0.39 is 11.8 Å². The summed E-state index contributed by atoms with van der Waals surface area (Å²) in [6, 6.07) is 19.0. The van der Waals surface area contributed by atoms with Crippen molar-refractivity contribution in [2.45, 2.75) is 6.61 Å². The molecule has 0 aliphatic rings. The number of aromatic nitrogens is 2. The zero-order chi connectivity index (χ0) is 22.7. The Bertz CT molecular complexity index is 1290. The van der Waals surface area contributed by atoms with Gasteiger partial charge in [-0.1, -0.05) is 53.5 Å². The predicted molar refractivity (Wildman–Crippen MR) is 124 cm³/mol. The maximum atomic E-state index is 14.4. The number of hydrogen-bond donors (Lipinski definition) is 3. The summed E-state index contributed by atoms with van der Waals surface area (Å²) in [4.78, 5) is 12.7. The van der Waals surface area contributed by atoms with E-state index in [1.54, 1.807) is 66.7 Å². The second-order valence-electron chi connectivity index (χ2n) is 6.81. The molecule has 2 amide bonds. The van der Waals surface area contributed by atoms with Crippen LogP contribution in [0.2, 0.25) is 10.0 Å². The molecule has 6 nitrogen and oxygen atoms in total. The van der Waals surface area contributed by atoms with Crippen LogP contribution < -0.4 is 10.6 Å². The molecule has 4 aromatic rings. The summed E-state index contributed by atoms with van der Waals surface area (Å²) < 4.78 is 15.8. The Kier molecular flexibility index (Phi) is 6.41. The molecule has 162 valence electrons. The Morgan fingerprint density at radius 1 is 1.00 bits per heavy atom. The molecule has 0 bridgehead atoms. The molecule has 9 heteroatoms. The monoisotopic (exact) mass is 470 g/mol. The molecule has 0 aliphatic carbocycles. The number of halogens is 3. The fourth-order valence-corrected chi connectivity index (χ4v) is 3.47. The number of nitrogens with one attached hydrogen (secondary N) is 2. The number of carbonyl (C=O) groups excluding carboxylic acids is 1. The van der Waals surface area contributed by atoms with Gasteiger partial charge in [-0.15, -0.1) is 0 Å². The van der Waals surface area contributed by atoms with E-state index in [4.69, 9.17) is 23.2 Å². The van der Waals surface area contributed by atoms with Crippen LogP contribution in [0.3, 0.4) is 0 Å². The molecule has 0 atom stereocenters. The van der Waals surface area contributed by atoms with Crippen LogP contribution >= 0.6 is 23.2 Å². The van der Waals surface area contributed by atoms with E-state index in [9.17, 15) is 14.3 Å². The molecule has 0 saturated heterocycles. The minimum Gasteiger partial charge on any atom is -0.392 e. The topological polar surface area (TPSA) is 79.2 Å². The lowest BCUT2D eigenvalue weighted by Crippen LogP contribution is -2.21. The molecule has 0 aliphatic heterocycles. The molecule has 3 N–H and O–H groups in total. The van der Waals surface area contributed by atoms with E-state index in [0.29, 0.717) is 27.7 Å². The molecule has 32 heavy (non-hydrogen) atoms. The summed E-state index contributed by atoms with van der Waals surface area (Å²) in [5, 5.41) is 19.8. The number of aliphatic hydroxyl groups excluding tert-OH is 1. The average molecular weight is 471 g/mol. The van der Waals surface area contributed by atoms with Crippen LogP contribution in [0.4, 0.5) is 20.7 Å². The van der Waals surface area contributed by atoms with Gasteiger partial charge in [0.25, 0.3) is 0 Å². The van der Waals surface area contributed by atoms with E-state index in [0.717, 1.165) is 0 Å². The van der Waals surface area contributed by atoms with Crippen LogP contribution in [0.1, 0.15) is 5.56 Å². The second kappa shape index (κ2) is 9.40. The number of urea groups is 1. The normalized spacial score (nSPS) is 10.8. The first-order valence-electron chi connectivity index (χ1n) is 9.53. The molecule has 0 spiro atoms. The van der Waals surface area contributed by atoms with Crippen molar-refractivity contribution in [2.75, 3.05) is 10.6 Å². The maximum Gasteiger partial charge on any atom is 0.324 e. The first-order valence-corrected chi connectivity index (χ1v) is 10.3. The summed E-state index contributed by atoms with van der Waals surface area (Å²) >= 11 is 12.1. The van der Waals surface area contributed by atoms with Crippen LogP contribution in [0, 0.1) is 5.82 Å². The van der Waals surface area contributed by atoms with Gasteiger partial charge in [0.05, 0.1) is 33.7 Å². The molecular formula is C23H17Cl2FN4O2. The summed E-state index contributed by atoms with van der Waals surface area (Å²) in [5.41, 5.74) is 2.18. The summed E-state index contributed by atoms with van der Waals surface area (Å²) in [6.07, 6.45) is 0. The van der Waals surface area contributed by atoms with E-state index in [1.807, 2.05) is 0 Å². The first kappa shape index (κ1) is 21.8. The van der Waals surface area contributed by atoms with Gasteiger partial charge in [0, 0.05) is 11.6 Å². The van der Waals surface area contributed by atoms with Crippen molar-refractivity contribution in [2.24, 2.45) is 0 Å². The van der Waals surface area contributed by atoms with Crippen LogP contribution in [-0.4, -0.2) is 20.9 Å². The first-order chi connectivity index (χ1) is 15.5. The molecule has 0 unspecified atom stereocenters. The number of carbonyl (C=O) groups is 1. The van der Waals surface area contributed by atoms with Crippen molar-refractivity contribution in [3.05, 3.63) is 94.2 Å². The minimum absolute atomic E-state index is 0.161. The van der Waals surface area contributed by atoms with Gasteiger partial charge in [-0.3, -0.25) is 5.32 Å². The van der Waals surface area contributed by atoms with Crippen LogP contribution in [0.5, 0.6) is 0 Å². The Labute approximate surface area is 193 Å². The van der Waals surface area contributed by atoms with E-state index in [1.165, 1.54) is 10.7 Å². The van der Waals surface area contributed by atoms with E-state index in [2.05, 4.69) is 15.7 Å². The summed E-state index contributed by atoms with van der Waals surface area (Å²) in [6.45, 7) is -0.161. The molecule has 0 radical (unpaired) electrons. The van der Waals surface area contributed by atoms with Crippen LogP contribution in [0.15, 0.2) is 72.8 Å². The lowest BCUT2D eigenvalue weighted by Gasteiger charge is -2.12. The fourth-order valence-electron chi connectivity index (χ4n) is 3.12. The Hall–Kier alpha value is -3.39. The highest BCUT2D eigenvalue weighted by Gasteiger charge is 2.17. The smallest absolute Gasteiger partial charge is 0.324 e. The number of benzene rings is 3. The van der Waals surface area contributed by atoms with E-state index in [-0.39, 0.29) is 23.0 Å². The van der Waals surface area contributed by atoms with Crippen LogP contribution in [-0.2, 0) is 6.61 Å². The summed E-state index contributed by atoms with van der Waals surface area (Å²) in [5.74, 6) is -0.156. The number of amides is 2. The quantitative estimate of drug-likeness (QED) is 0.328. The second-order valence-corrected chi connectivity index (χ2v) is 7.60. The van der Waals surface area contributed by atoms with Crippen molar-refractivity contribution in [3.63, 3.8) is 0 Å². The average Bonchev–Trinajstić information content (AvgIpc) is 3.20. The largest absolute Gasteiger partial charge is 0.392 e. The Balaban J connectivity index is 1.71. The lowest BCUT2D eigenvalue weighted by atomic mass is 10.1. The molecule has 0 fully saturated rings. The fraction of sp³-hybridized carbons (Fsp3) is 0.0435. The number of rotatable bonds is 5. The van der Waals surface area contributed by atoms with Gasteiger partial charge in [-0.2, -0.15) is 5.10 Å². The predicted octanol–water partition coefficient (Wildman–Crippen LogP) is 6.12. The van der Waals surface area contributed by atoms with Gasteiger partial charge in [0.2, 0.25) is 0 Å². The highest BCUT2D eigenvalue weighted by Crippen LogP contribution is 2.30. The van der Waals surface area contributed by atoms with Gasteiger partial charge in [-0.25, -0.2) is 13.9 Å². The number of anilines is 2. The van der Waals surface area contributed by atoms with Gasteiger partial charge >= 0.3 is 6.03 Å². The molecule has 1 aromatic heterocycles. The van der Waals surface area contributed by atoms with Crippen molar-refractivity contribution >= 4 is 40.7 Å². The van der Waals surface area contributed by atoms with Crippen molar-refractivity contribution < 1.29 is 14.3 Å². The minimum atomic E-state index is -0.589. The van der Waals surface area contributed by atoms with Crippen molar-refractivity contribution in [1.29, 1.82) is 0 Å². The van der Waals surface area contributed by atoms with E-state index >= 15 is 0 Å². The Morgan fingerprint density at radius 3 is 2.56 bits per heavy atom. The maximum absolute atomic E-state index is 14.4. The SMILES string of the molecule is O=C(Nc1cccc(Cl)c1Cl)Nc1cc(-c2ccccc2F)nn1-c1cccc(CO)c1. The highest BCUT2D eigenvalue weighted by atomic mass is 35.5. The zero-order valence-corrected chi connectivity index (χ0v) is 18.0. The number of nitrogens with zero attached hydrogens (tertiary/aromatic N) is 2. The third-order valence-corrected chi connectivity index (χ3v) is 5.46. The molecular weight excluding hydrogens is 454 g/mol. The molecule has 3 aromatic carbocycles. The zero-order valence-electron chi connectivity index (χ0n) is 16.5. The van der Waals surface area contributed by atoms with Gasteiger partial charge in [0.1, 0.15) is 11.6 Å². The Morgan fingerprint density at radius 2 is 1.78 bits per heavy atom. The molecule has 4 rings (SSSR count). The standard InChI is InChI=1S/C23H17Cl2FN4O2/c24-17-8-4-10-19(22(17)25)27-23(32)28-21-12-20(16-7-1-2-9-18(16)26)29-30(21)15-6-3-5-14(11-15)13-31/h1-12,31H,13H2,(H2,27,28,32). The van der Waals surface area contributed by atoms with Crippen LogP contribution in [0.25, 0.3) is 16.9 Å². The number of aliphatic hydroxyl groups is 1. The molecule has 0 saturated carbocycles. The number of hydrogen-bond acceptors (Lipinski definition) is 3. The van der Waals surface area contributed by atoms with Crippen molar-refractivity contribution in [1.82, 2.24) is 9.78 Å². The third-order valence-electron chi connectivity index (χ3n) is 4.64. The van der Waals surface area contributed by atoms with Gasteiger partial charge < -0.3 is 10.4 Å². The molecule has 1 heterocycles. The lowest BCUT2D eigenvalue weighted by molar-refractivity contribution is 0.262. The van der Waals surface area contributed by atoms with Crippen molar-refractivity contribution in [3.8, 4) is 16.9 Å². The van der Waals surface area contributed by atoms with Gasteiger partial charge in [-0.05, 0) is 42.0 Å². The highest BCUT2D eigenvalue weighted by molar-refractivity contribution is 6.44. The third kappa shape index (κ3) is 4.60.